The van der Waals surface area contributed by atoms with Gasteiger partial charge in [0.25, 0.3) is 0 Å². The van der Waals surface area contributed by atoms with Crippen molar-refractivity contribution in [3.05, 3.63) is 10.5 Å². The van der Waals surface area contributed by atoms with Gasteiger partial charge in [-0.05, 0) is 6.42 Å². The van der Waals surface area contributed by atoms with Gasteiger partial charge < -0.3 is 5.32 Å². The van der Waals surface area contributed by atoms with Crippen LogP contribution in [0.4, 0.5) is 5.95 Å². The SMILES string of the molecule is CCCNc1nc(=O)[nH]n1C. The van der Waals surface area contributed by atoms with Crippen molar-refractivity contribution in [3.63, 3.8) is 0 Å². The fraction of sp³-hybridized carbons (Fsp3) is 0.667. The monoisotopic (exact) mass is 156 g/mol. The number of aromatic nitrogens is 3. The summed E-state index contributed by atoms with van der Waals surface area (Å²) in [5, 5.41) is 5.51. The summed E-state index contributed by atoms with van der Waals surface area (Å²) in [5.41, 5.74) is -0.314. The summed E-state index contributed by atoms with van der Waals surface area (Å²) in [4.78, 5) is 14.3. The van der Waals surface area contributed by atoms with Crippen molar-refractivity contribution in [2.24, 2.45) is 7.05 Å². The third-order valence-corrected chi connectivity index (χ3v) is 1.32. The maximum Gasteiger partial charge on any atom is 0.363 e. The zero-order valence-electron chi connectivity index (χ0n) is 6.72. The fourth-order valence-corrected chi connectivity index (χ4v) is 0.788. The zero-order chi connectivity index (χ0) is 8.27. The molecule has 0 saturated carbocycles. The molecule has 0 unspecified atom stereocenters. The molecule has 0 aliphatic heterocycles. The number of hydrogen-bond donors (Lipinski definition) is 2. The lowest BCUT2D eigenvalue weighted by molar-refractivity contribution is 0.755. The molecule has 11 heavy (non-hydrogen) atoms. The Morgan fingerprint density at radius 2 is 2.45 bits per heavy atom. The van der Waals surface area contributed by atoms with Crippen molar-refractivity contribution in [3.8, 4) is 0 Å². The molecule has 1 rings (SSSR count). The van der Waals surface area contributed by atoms with Gasteiger partial charge in [-0.15, -0.1) is 0 Å². The van der Waals surface area contributed by atoms with Crippen molar-refractivity contribution < 1.29 is 0 Å². The molecule has 1 aromatic heterocycles. The molecule has 0 aliphatic rings. The molecule has 0 aliphatic carbocycles. The molecule has 2 N–H and O–H groups in total. The first-order valence-corrected chi connectivity index (χ1v) is 3.61. The molecule has 0 saturated heterocycles. The maximum absolute atomic E-state index is 10.6. The average molecular weight is 156 g/mol. The van der Waals surface area contributed by atoms with Gasteiger partial charge in [0.1, 0.15) is 0 Å². The fourth-order valence-electron chi connectivity index (χ4n) is 0.788. The quantitative estimate of drug-likeness (QED) is 0.644. The molecule has 1 heterocycles. The van der Waals surface area contributed by atoms with E-state index in [1.165, 1.54) is 0 Å². The van der Waals surface area contributed by atoms with E-state index >= 15 is 0 Å². The summed E-state index contributed by atoms with van der Waals surface area (Å²) in [7, 11) is 1.74. The molecule has 0 atom stereocenters. The normalized spacial score (nSPS) is 10.0. The molecule has 0 spiro atoms. The van der Waals surface area contributed by atoms with Gasteiger partial charge in [-0.2, -0.15) is 4.98 Å². The first-order valence-electron chi connectivity index (χ1n) is 3.61. The molecule has 0 bridgehead atoms. The second-order valence-corrected chi connectivity index (χ2v) is 2.34. The van der Waals surface area contributed by atoms with Crippen LogP contribution < -0.4 is 11.0 Å². The number of hydrogen-bond acceptors (Lipinski definition) is 3. The highest BCUT2D eigenvalue weighted by atomic mass is 16.1. The Labute approximate surface area is 64.4 Å². The molecule has 5 heteroatoms. The van der Waals surface area contributed by atoms with E-state index in [0.717, 1.165) is 13.0 Å². The average Bonchev–Trinajstić information content (AvgIpc) is 2.26. The Kier molecular flexibility index (Phi) is 2.30. The van der Waals surface area contributed by atoms with E-state index in [1.54, 1.807) is 11.7 Å². The molecule has 5 nitrogen and oxygen atoms in total. The molecule has 0 fully saturated rings. The van der Waals surface area contributed by atoms with Crippen LogP contribution in [0.15, 0.2) is 4.79 Å². The van der Waals surface area contributed by atoms with E-state index in [4.69, 9.17) is 0 Å². The largest absolute Gasteiger partial charge is 0.363 e. The predicted molar refractivity (Wildman–Crippen MR) is 42.6 cm³/mol. The van der Waals surface area contributed by atoms with Crippen LogP contribution in [0.3, 0.4) is 0 Å². The number of rotatable bonds is 3. The van der Waals surface area contributed by atoms with Crippen LogP contribution in [0.25, 0.3) is 0 Å². The third-order valence-electron chi connectivity index (χ3n) is 1.32. The molecule has 0 amide bonds. The Bertz CT molecular complexity index is 274. The topological polar surface area (TPSA) is 62.7 Å². The molecule has 0 radical (unpaired) electrons. The minimum Gasteiger partial charge on any atom is -0.354 e. The molecule has 62 valence electrons. The summed E-state index contributed by atoms with van der Waals surface area (Å²) >= 11 is 0. The van der Waals surface area contributed by atoms with Crippen LogP contribution in [0.5, 0.6) is 0 Å². The van der Waals surface area contributed by atoms with E-state index in [-0.39, 0.29) is 5.69 Å². The third kappa shape index (κ3) is 1.83. The smallest absolute Gasteiger partial charge is 0.354 e. The summed E-state index contributed by atoms with van der Waals surface area (Å²) < 4.78 is 1.57. The minimum absolute atomic E-state index is 0.314. The Balaban J connectivity index is 2.69. The van der Waals surface area contributed by atoms with Gasteiger partial charge in [0.2, 0.25) is 5.95 Å². The summed E-state index contributed by atoms with van der Waals surface area (Å²) in [6.45, 7) is 2.88. The van der Waals surface area contributed by atoms with Gasteiger partial charge in [-0.1, -0.05) is 6.92 Å². The highest BCUT2D eigenvalue weighted by molar-refractivity contribution is 5.21. The van der Waals surface area contributed by atoms with Crippen molar-refractivity contribution in [2.45, 2.75) is 13.3 Å². The maximum atomic E-state index is 10.6. The number of nitrogens with one attached hydrogen (secondary N) is 2. The second kappa shape index (κ2) is 3.23. The van der Waals surface area contributed by atoms with Crippen LogP contribution in [-0.4, -0.2) is 21.3 Å². The van der Waals surface area contributed by atoms with Gasteiger partial charge in [-0.25, -0.2) is 9.89 Å². The Morgan fingerprint density at radius 3 is 2.91 bits per heavy atom. The first kappa shape index (κ1) is 7.84. The Hall–Kier alpha value is -1.26. The van der Waals surface area contributed by atoms with Crippen molar-refractivity contribution >= 4 is 5.95 Å². The number of anilines is 1. The lowest BCUT2D eigenvalue weighted by Gasteiger charge is -2.00. The van der Waals surface area contributed by atoms with E-state index in [1.807, 2.05) is 0 Å². The van der Waals surface area contributed by atoms with Crippen LogP contribution in [0.1, 0.15) is 13.3 Å². The second-order valence-electron chi connectivity index (χ2n) is 2.34. The zero-order valence-corrected chi connectivity index (χ0v) is 6.72. The minimum atomic E-state index is -0.314. The Morgan fingerprint density at radius 1 is 1.73 bits per heavy atom. The summed E-state index contributed by atoms with van der Waals surface area (Å²) in [6.07, 6.45) is 1.01. The van der Waals surface area contributed by atoms with Crippen LogP contribution >= 0.6 is 0 Å². The molecule has 0 aromatic carbocycles. The van der Waals surface area contributed by atoms with Crippen molar-refractivity contribution in [1.29, 1.82) is 0 Å². The van der Waals surface area contributed by atoms with Crippen molar-refractivity contribution in [2.75, 3.05) is 11.9 Å². The standard InChI is InChI=1S/C6H12N4O/c1-3-4-7-5-8-6(11)9-10(5)2/h3-4H2,1-2H3,(H2,7,8,9,11). The highest BCUT2D eigenvalue weighted by Crippen LogP contribution is 1.93. The van der Waals surface area contributed by atoms with Crippen LogP contribution in [-0.2, 0) is 7.05 Å². The van der Waals surface area contributed by atoms with Gasteiger partial charge in [0.15, 0.2) is 0 Å². The van der Waals surface area contributed by atoms with Gasteiger partial charge >= 0.3 is 5.69 Å². The molecular formula is C6H12N4O. The summed E-state index contributed by atoms with van der Waals surface area (Å²) in [5.74, 6) is 0.594. The first-order chi connectivity index (χ1) is 5.24. The molecular weight excluding hydrogens is 144 g/mol. The number of H-pyrrole nitrogens is 1. The number of aryl methyl sites for hydroxylation is 1. The van der Waals surface area contributed by atoms with E-state index in [2.05, 4.69) is 22.3 Å². The summed E-state index contributed by atoms with van der Waals surface area (Å²) in [6, 6.07) is 0. The van der Waals surface area contributed by atoms with E-state index in [9.17, 15) is 4.79 Å². The number of aromatic amines is 1. The van der Waals surface area contributed by atoms with Crippen LogP contribution in [0.2, 0.25) is 0 Å². The lowest BCUT2D eigenvalue weighted by Crippen LogP contribution is -2.05. The van der Waals surface area contributed by atoms with E-state index in [0.29, 0.717) is 5.95 Å². The van der Waals surface area contributed by atoms with Gasteiger partial charge in [0, 0.05) is 13.6 Å². The molecule has 1 aromatic rings. The van der Waals surface area contributed by atoms with Crippen LogP contribution in [0, 0.1) is 0 Å². The van der Waals surface area contributed by atoms with E-state index < -0.39 is 0 Å². The number of nitrogens with zero attached hydrogens (tertiary/aromatic N) is 2. The van der Waals surface area contributed by atoms with Gasteiger partial charge in [0.05, 0.1) is 0 Å². The lowest BCUT2D eigenvalue weighted by atomic mass is 10.5. The van der Waals surface area contributed by atoms with Gasteiger partial charge in [-0.3, -0.25) is 4.68 Å². The predicted octanol–water partition coefficient (Wildman–Crippen LogP) is -0.0697. The van der Waals surface area contributed by atoms with Crippen molar-refractivity contribution in [1.82, 2.24) is 14.8 Å². The highest BCUT2D eigenvalue weighted by Gasteiger charge is 1.98.